The number of hydrogen-bond acceptors (Lipinski definition) is 3. The second kappa shape index (κ2) is 6.31. The monoisotopic (exact) mass is 303 g/mol. The Hall–Kier alpha value is -1.81. The van der Waals surface area contributed by atoms with Gasteiger partial charge in [0.1, 0.15) is 0 Å². The molecule has 2 aromatic carbocycles. The van der Waals surface area contributed by atoms with Gasteiger partial charge in [-0.25, -0.2) is 8.42 Å². The molecule has 21 heavy (non-hydrogen) atoms. The molecule has 0 amide bonds. The number of aryl methyl sites for hydroxylation is 2. The van der Waals surface area contributed by atoms with Gasteiger partial charge in [0.2, 0.25) is 0 Å². The molecule has 0 aliphatic heterocycles. The van der Waals surface area contributed by atoms with Gasteiger partial charge in [0.25, 0.3) is 0 Å². The van der Waals surface area contributed by atoms with Gasteiger partial charge in [0.05, 0.1) is 10.6 Å². The fourth-order valence-electron chi connectivity index (χ4n) is 2.49. The zero-order valence-electron chi connectivity index (χ0n) is 12.7. The SMILES string of the molecule is Cc1cc(C)cc(CCNc2ccccc2S(C)(=O)=O)c1. The molecule has 0 aliphatic carbocycles. The van der Waals surface area contributed by atoms with Gasteiger partial charge in [-0.15, -0.1) is 0 Å². The van der Waals surface area contributed by atoms with Crippen LogP contribution in [-0.2, 0) is 16.3 Å². The van der Waals surface area contributed by atoms with Gasteiger partial charge < -0.3 is 5.32 Å². The van der Waals surface area contributed by atoms with Crippen LogP contribution in [0.5, 0.6) is 0 Å². The first-order chi connectivity index (χ1) is 9.86. The molecule has 3 nitrogen and oxygen atoms in total. The highest BCUT2D eigenvalue weighted by Crippen LogP contribution is 2.20. The summed E-state index contributed by atoms with van der Waals surface area (Å²) in [6.07, 6.45) is 2.10. The highest BCUT2D eigenvalue weighted by Gasteiger charge is 2.11. The summed E-state index contributed by atoms with van der Waals surface area (Å²) in [7, 11) is -3.20. The zero-order chi connectivity index (χ0) is 15.5. The Morgan fingerprint density at radius 3 is 2.24 bits per heavy atom. The van der Waals surface area contributed by atoms with Crippen molar-refractivity contribution in [2.24, 2.45) is 0 Å². The second-order valence-electron chi connectivity index (χ2n) is 5.44. The summed E-state index contributed by atoms with van der Waals surface area (Å²) in [6.45, 7) is 4.88. The minimum atomic E-state index is -3.20. The quantitative estimate of drug-likeness (QED) is 0.921. The summed E-state index contributed by atoms with van der Waals surface area (Å²) >= 11 is 0. The van der Waals surface area contributed by atoms with Crippen molar-refractivity contribution in [3.05, 3.63) is 59.2 Å². The molecule has 0 radical (unpaired) electrons. The Balaban J connectivity index is 2.07. The van der Waals surface area contributed by atoms with Crippen LogP contribution in [0, 0.1) is 13.8 Å². The van der Waals surface area contributed by atoms with Crippen molar-refractivity contribution in [1.29, 1.82) is 0 Å². The van der Waals surface area contributed by atoms with E-state index in [0.717, 1.165) is 6.42 Å². The van der Waals surface area contributed by atoms with Crippen molar-refractivity contribution >= 4 is 15.5 Å². The van der Waals surface area contributed by atoms with Crippen LogP contribution in [0.2, 0.25) is 0 Å². The van der Waals surface area contributed by atoms with E-state index in [9.17, 15) is 8.42 Å². The van der Waals surface area contributed by atoms with Gasteiger partial charge in [-0.05, 0) is 38.0 Å². The lowest BCUT2D eigenvalue weighted by Crippen LogP contribution is -2.09. The third-order valence-electron chi connectivity index (χ3n) is 3.30. The lowest BCUT2D eigenvalue weighted by Gasteiger charge is -2.11. The van der Waals surface area contributed by atoms with E-state index < -0.39 is 9.84 Å². The molecule has 0 spiro atoms. The molecule has 2 rings (SSSR count). The van der Waals surface area contributed by atoms with E-state index >= 15 is 0 Å². The van der Waals surface area contributed by atoms with Crippen LogP contribution in [0.25, 0.3) is 0 Å². The van der Waals surface area contributed by atoms with E-state index in [2.05, 4.69) is 37.4 Å². The first-order valence-electron chi connectivity index (χ1n) is 6.96. The van der Waals surface area contributed by atoms with Gasteiger partial charge >= 0.3 is 0 Å². The van der Waals surface area contributed by atoms with Crippen molar-refractivity contribution in [1.82, 2.24) is 0 Å². The van der Waals surface area contributed by atoms with Gasteiger partial charge in [-0.3, -0.25) is 0 Å². The summed E-state index contributed by atoms with van der Waals surface area (Å²) < 4.78 is 23.5. The van der Waals surface area contributed by atoms with Crippen LogP contribution in [-0.4, -0.2) is 21.2 Å². The molecule has 112 valence electrons. The predicted octanol–water partition coefficient (Wildman–Crippen LogP) is 3.36. The average molecular weight is 303 g/mol. The van der Waals surface area contributed by atoms with Gasteiger partial charge in [0, 0.05) is 12.8 Å². The van der Waals surface area contributed by atoms with Gasteiger partial charge in [0.15, 0.2) is 9.84 Å². The van der Waals surface area contributed by atoms with Crippen molar-refractivity contribution < 1.29 is 8.42 Å². The van der Waals surface area contributed by atoms with Crippen LogP contribution in [0.1, 0.15) is 16.7 Å². The minimum Gasteiger partial charge on any atom is -0.384 e. The maximum Gasteiger partial charge on any atom is 0.177 e. The van der Waals surface area contributed by atoms with E-state index in [1.807, 2.05) is 6.07 Å². The molecule has 0 aliphatic rings. The minimum absolute atomic E-state index is 0.352. The number of nitrogens with one attached hydrogen (secondary N) is 1. The number of rotatable bonds is 5. The first-order valence-corrected chi connectivity index (χ1v) is 8.85. The maximum atomic E-state index is 11.7. The molecule has 0 saturated carbocycles. The number of anilines is 1. The summed E-state index contributed by atoms with van der Waals surface area (Å²) in [5, 5.41) is 3.23. The molecule has 0 aromatic heterocycles. The largest absolute Gasteiger partial charge is 0.384 e. The van der Waals surface area contributed by atoms with Crippen LogP contribution in [0.4, 0.5) is 5.69 Å². The fourth-order valence-corrected chi connectivity index (χ4v) is 3.36. The van der Waals surface area contributed by atoms with Crippen LogP contribution < -0.4 is 5.32 Å². The van der Waals surface area contributed by atoms with Crippen LogP contribution >= 0.6 is 0 Å². The normalized spacial score (nSPS) is 11.4. The van der Waals surface area contributed by atoms with Crippen molar-refractivity contribution in [2.75, 3.05) is 18.1 Å². The average Bonchev–Trinajstić information content (AvgIpc) is 2.37. The second-order valence-corrected chi connectivity index (χ2v) is 7.43. The highest BCUT2D eigenvalue weighted by molar-refractivity contribution is 7.90. The number of hydrogen-bond donors (Lipinski definition) is 1. The maximum absolute atomic E-state index is 11.7. The third kappa shape index (κ3) is 4.33. The van der Waals surface area contributed by atoms with E-state index in [1.54, 1.807) is 18.2 Å². The topological polar surface area (TPSA) is 46.2 Å². The van der Waals surface area contributed by atoms with E-state index in [4.69, 9.17) is 0 Å². The smallest absolute Gasteiger partial charge is 0.177 e. The molecule has 4 heteroatoms. The van der Waals surface area contributed by atoms with E-state index in [-0.39, 0.29) is 0 Å². The molecular weight excluding hydrogens is 282 g/mol. The zero-order valence-corrected chi connectivity index (χ0v) is 13.5. The van der Waals surface area contributed by atoms with Crippen molar-refractivity contribution in [3.63, 3.8) is 0 Å². The van der Waals surface area contributed by atoms with Crippen LogP contribution in [0.15, 0.2) is 47.4 Å². The summed E-state index contributed by atoms with van der Waals surface area (Å²) in [5.41, 5.74) is 4.43. The number of para-hydroxylation sites is 1. The standard InChI is InChI=1S/C17H21NO2S/c1-13-10-14(2)12-15(11-13)8-9-18-16-6-4-5-7-17(16)21(3,19)20/h4-7,10-12,18H,8-9H2,1-3H3. The Bertz CT molecular complexity index is 716. The lowest BCUT2D eigenvalue weighted by atomic mass is 10.1. The molecule has 0 atom stereocenters. The molecule has 2 aromatic rings. The van der Waals surface area contributed by atoms with Gasteiger partial charge in [-0.1, -0.05) is 41.5 Å². The molecular formula is C17H21NO2S. The van der Waals surface area contributed by atoms with E-state index in [0.29, 0.717) is 17.1 Å². The van der Waals surface area contributed by atoms with Crippen LogP contribution in [0.3, 0.4) is 0 Å². The fraction of sp³-hybridized carbons (Fsp3) is 0.294. The molecule has 0 fully saturated rings. The third-order valence-corrected chi connectivity index (χ3v) is 4.45. The van der Waals surface area contributed by atoms with Gasteiger partial charge in [-0.2, -0.15) is 0 Å². The molecule has 1 N–H and O–H groups in total. The number of benzene rings is 2. The highest BCUT2D eigenvalue weighted by atomic mass is 32.2. The number of sulfone groups is 1. The van der Waals surface area contributed by atoms with E-state index in [1.165, 1.54) is 22.9 Å². The Kier molecular flexibility index (Phi) is 4.68. The lowest BCUT2D eigenvalue weighted by molar-refractivity contribution is 0.602. The summed E-state index contributed by atoms with van der Waals surface area (Å²) in [4.78, 5) is 0.352. The molecule has 0 heterocycles. The summed E-state index contributed by atoms with van der Waals surface area (Å²) in [5.74, 6) is 0. The van der Waals surface area contributed by atoms with Crippen molar-refractivity contribution in [3.8, 4) is 0 Å². The summed E-state index contributed by atoms with van der Waals surface area (Å²) in [6, 6.07) is 13.5. The molecule has 0 unspecified atom stereocenters. The Morgan fingerprint density at radius 2 is 1.62 bits per heavy atom. The molecule has 0 bridgehead atoms. The Morgan fingerprint density at radius 1 is 1.00 bits per heavy atom. The first kappa shape index (κ1) is 15.6. The molecule has 0 saturated heterocycles. The Labute approximate surface area is 126 Å². The predicted molar refractivity (Wildman–Crippen MR) is 87.7 cm³/mol. The van der Waals surface area contributed by atoms with Crippen molar-refractivity contribution in [2.45, 2.75) is 25.2 Å².